The first kappa shape index (κ1) is 18.4. The van der Waals surface area contributed by atoms with Gasteiger partial charge in [0.05, 0.1) is 17.8 Å². The summed E-state index contributed by atoms with van der Waals surface area (Å²) in [5, 5.41) is 12.7. The molecule has 1 heterocycles. The molecular formula is C20H21ClN4O. The van der Waals surface area contributed by atoms with Gasteiger partial charge in [-0.1, -0.05) is 35.9 Å². The van der Waals surface area contributed by atoms with Crippen molar-refractivity contribution in [2.24, 2.45) is 0 Å². The van der Waals surface area contributed by atoms with E-state index >= 15 is 0 Å². The summed E-state index contributed by atoms with van der Waals surface area (Å²) in [6, 6.07) is 17.1. The summed E-state index contributed by atoms with van der Waals surface area (Å²) >= 11 is 5.92. The van der Waals surface area contributed by atoms with Gasteiger partial charge in [0.15, 0.2) is 0 Å². The predicted molar refractivity (Wildman–Crippen MR) is 103 cm³/mol. The van der Waals surface area contributed by atoms with Crippen molar-refractivity contribution in [1.29, 1.82) is 5.26 Å². The van der Waals surface area contributed by atoms with Gasteiger partial charge in [-0.2, -0.15) is 5.26 Å². The van der Waals surface area contributed by atoms with E-state index in [1.54, 1.807) is 18.2 Å². The second-order valence-corrected chi connectivity index (χ2v) is 6.82. The Kier molecular flexibility index (Phi) is 6.24. The zero-order valence-corrected chi connectivity index (χ0v) is 15.2. The Morgan fingerprint density at radius 3 is 2.38 bits per heavy atom. The van der Waals surface area contributed by atoms with Crippen molar-refractivity contribution in [3.8, 4) is 6.07 Å². The fourth-order valence-electron chi connectivity index (χ4n) is 3.04. The second kappa shape index (κ2) is 8.81. The van der Waals surface area contributed by atoms with Gasteiger partial charge in [0.1, 0.15) is 6.07 Å². The van der Waals surface area contributed by atoms with E-state index < -0.39 is 0 Å². The molecule has 6 heteroatoms. The van der Waals surface area contributed by atoms with Crippen LogP contribution in [0.2, 0.25) is 5.02 Å². The first-order valence-electron chi connectivity index (χ1n) is 8.62. The number of carbonyl (C=O) groups excluding carboxylic acids is 1. The minimum absolute atomic E-state index is 0.0844. The third-order valence-corrected chi connectivity index (χ3v) is 4.73. The highest BCUT2D eigenvalue weighted by Gasteiger charge is 2.19. The standard InChI is InChI=1S/C20H21ClN4O/c21-18-7-5-16(6-8-18)14-24-9-11-25(12-10-24)15-20(26)23-19-4-2-1-3-17(19)13-22/h1-8H,9-12,14-15H2,(H,23,26). The van der Waals surface area contributed by atoms with E-state index in [0.29, 0.717) is 17.8 Å². The lowest BCUT2D eigenvalue weighted by atomic mass is 10.2. The van der Waals surface area contributed by atoms with Crippen molar-refractivity contribution >= 4 is 23.2 Å². The first-order chi connectivity index (χ1) is 12.6. The molecule has 26 heavy (non-hydrogen) atoms. The van der Waals surface area contributed by atoms with E-state index in [2.05, 4.69) is 33.3 Å². The van der Waals surface area contributed by atoms with Gasteiger partial charge < -0.3 is 5.32 Å². The average molecular weight is 369 g/mol. The van der Waals surface area contributed by atoms with Gasteiger partial charge in [-0.15, -0.1) is 0 Å². The number of hydrogen-bond acceptors (Lipinski definition) is 4. The van der Waals surface area contributed by atoms with Crippen LogP contribution in [0.4, 0.5) is 5.69 Å². The van der Waals surface area contributed by atoms with Crippen LogP contribution in [0.15, 0.2) is 48.5 Å². The fraction of sp³-hybridized carbons (Fsp3) is 0.300. The van der Waals surface area contributed by atoms with E-state index in [0.717, 1.165) is 37.7 Å². The smallest absolute Gasteiger partial charge is 0.238 e. The minimum Gasteiger partial charge on any atom is -0.324 e. The zero-order valence-electron chi connectivity index (χ0n) is 14.5. The predicted octanol–water partition coefficient (Wildman–Crippen LogP) is 2.97. The summed E-state index contributed by atoms with van der Waals surface area (Å²) in [7, 11) is 0. The molecule has 0 spiro atoms. The van der Waals surface area contributed by atoms with E-state index in [1.807, 2.05) is 18.2 Å². The minimum atomic E-state index is -0.0844. The number of nitriles is 1. The van der Waals surface area contributed by atoms with Crippen LogP contribution in [-0.2, 0) is 11.3 Å². The number of hydrogen-bond donors (Lipinski definition) is 1. The molecule has 1 N–H and O–H groups in total. The van der Waals surface area contributed by atoms with Gasteiger partial charge in [-0.3, -0.25) is 14.6 Å². The van der Waals surface area contributed by atoms with Crippen LogP contribution in [0.5, 0.6) is 0 Å². The first-order valence-corrected chi connectivity index (χ1v) is 9.00. The summed E-state index contributed by atoms with van der Waals surface area (Å²) in [6.07, 6.45) is 0. The Bertz CT molecular complexity index is 792. The Balaban J connectivity index is 1.45. The van der Waals surface area contributed by atoms with E-state index in [4.69, 9.17) is 16.9 Å². The third kappa shape index (κ3) is 5.06. The SMILES string of the molecule is N#Cc1ccccc1NC(=O)CN1CCN(Cc2ccc(Cl)cc2)CC1. The van der Waals surface area contributed by atoms with Gasteiger partial charge in [-0.05, 0) is 29.8 Å². The van der Waals surface area contributed by atoms with Crippen molar-refractivity contribution in [3.63, 3.8) is 0 Å². The molecule has 2 aromatic rings. The molecule has 0 unspecified atom stereocenters. The number of rotatable bonds is 5. The number of halogens is 1. The molecule has 0 aromatic heterocycles. The zero-order chi connectivity index (χ0) is 18.4. The Morgan fingerprint density at radius 1 is 1.04 bits per heavy atom. The molecular weight excluding hydrogens is 348 g/mol. The third-order valence-electron chi connectivity index (χ3n) is 4.47. The van der Waals surface area contributed by atoms with Crippen molar-refractivity contribution < 1.29 is 4.79 Å². The summed E-state index contributed by atoms with van der Waals surface area (Å²) in [5.41, 5.74) is 2.30. The maximum absolute atomic E-state index is 12.3. The number of carbonyl (C=O) groups is 1. The van der Waals surface area contributed by atoms with Crippen molar-refractivity contribution in [1.82, 2.24) is 9.80 Å². The molecule has 0 bridgehead atoms. The monoisotopic (exact) mass is 368 g/mol. The highest BCUT2D eigenvalue weighted by atomic mass is 35.5. The van der Waals surface area contributed by atoms with Crippen LogP contribution in [0.1, 0.15) is 11.1 Å². The Labute approximate surface area is 158 Å². The van der Waals surface area contributed by atoms with Crippen LogP contribution in [0.25, 0.3) is 0 Å². The summed E-state index contributed by atoms with van der Waals surface area (Å²) in [4.78, 5) is 16.8. The normalized spacial score (nSPS) is 15.4. The van der Waals surface area contributed by atoms with Gasteiger partial charge >= 0.3 is 0 Å². The summed E-state index contributed by atoms with van der Waals surface area (Å²) in [5.74, 6) is -0.0844. The van der Waals surface area contributed by atoms with Crippen molar-refractivity contribution in [2.45, 2.75) is 6.54 Å². The van der Waals surface area contributed by atoms with Crippen LogP contribution >= 0.6 is 11.6 Å². The highest BCUT2D eigenvalue weighted by molar-refractivity contribution is 6.30. The van der Waals surface area contributed by atoms with Gasteiger partial charge in [0, 0.05) is 37.7 Å². The van der Waals surface area contributed by atoms with Crippen LogP contribution in [0.3, 0.4) is 0 Å². The van der Waals surface area contributed by atoms with Crippen LogP contribution in [-0.4, -0.2) is 48.4 Å². The second-order valence-electron chi connectivity index (χ2n) is 6.38. The molecule has 1 amide bonds. The lowest BCUT2D eigenvalue weighted by Crippen LogP contribution is -2.48. The molecule has 3 rings (SSSR count). The maximum Gasteiger partial charge on any atom is 0.238 e. The molecule has 1 saturated heterocycles. The molecule has 0 aliphatic carbocycles. The fourth-order valence-corrected chi connectivity index (χ4v) is 3.16. The Hall–Kier alpha value is -2.39. The number of piperazine rings is 1. The van der Waals surface area contributed by atoms with E-state index in [9.17, 15) is 4.79 Å². The molecule has 134 valence electrons. The van der Waals surface area contributed by atoms with Crippen LogP contribution < -0.4 is 5.32 Å². The largest absolute Gasteiger partial charge is 0.324 e. The molecule has 2 aromatic carbocycles. The molecule has 0 saturated carbocycles. The van der Waals surface area contributed by atoms with Gasteiger partial charge in [0.25, 0.3) is 0 Å². The Morgan fingerprint density at radius 2 is 1.69 bits per heavy atom. The van der Waals surface area contributed by atoms with E-state index in [1.165, 1.54) is 5.56 Å². The van der Waals surface area contributed by atoms with Gasteiger partial charge in [-0.25, -0.2) is 0 Å². The molecule has 5 nitrogen and oxygen atoms in total. The molecule has 0 atom stereocenters. The number of anilines is 1. The number of para-hydroxylation sites is 1. The van der Waals surface area contributed by atoms with Crippen molar-refractivity contribution in [2.75, 3.05) is 38.0 Å². The average Bonchev–Trinajstić information content (AvgIpc) is 2.65. The lowest BCUT2D eigenvalue weighted by molar-refractivity contribution is -0.117. The molecule has 0 radical (unpaired) electrons. The van der Waals surface area contributed by atoms with Crippen molar-refractivity contribution in [3.05, 3.63) is 64.7 Å². The van der Waals surface area contributed by atoms with Crippen LogP contribution in [0, 0.1) is 11.3 Å². The molecule has 1 aliphatic heterocycles. The summed E-state index contributed by atoms with van der Waals surface area (Å²) in [6.45, 7) is 4.78. The molecule has 1 fully saturated rings. The number of amides is 1. The highest BCUT2D eigenvalue weighted by Crippen LogP contribution is 2.15. The summed E-state index contributed by atoms with van der Waals surface area (Å²) < 4.78 is 0. The maximum atomic E-state index is 12.3. The van der Waals surface area contributed by atoms with E-state index in [-0.39, 0.29) is 5.91 Å². The number of nitrogens with one attached hydrogen (secondary N) is 1. The molecule has 1 aliphatic rings. The lowest BCUT2D eigenvalue weighted by Gasteiger charge is -2.34. The topological polar surface area (TPSA) is 59.4 Å². The van der Waals surface area contributed by atoms with Gasteiger partial charge in [0.2, 0.25) is 5.91 Å². The number of nitrogens with zero attached hydrogens (tertiary/aromatic N) is 3. The number of benzene rings is 2. The quantitative estimate of drug-likeness (QED) is 0.881.